The Balaban J connectivity index is 1.91. The van der Waals surface area contributed by atoms with Gasteiger partial charge in [-0.15, -0.1) is 0 Å². The molecule has 1 unspecified atom stereocenters. The molecule has 1 N–H and O–H groups in total. The van der Waals surface area contributed by atoms with E-state index in [2.05, 4.69) is 20.8 Å². The summed E-state index contributed by atoms with van der Waals surface area (Å²) in [7, 11) is 0. The van der Waals surface area contributed by atoms with Crippen LogP contribution in [-0.2, 0) is 9.53 Å². The number of hydrogen-bond acceptors (Lipinski definition) is 3. The summed E-state index contributed by atoms with van der Waals surface area (Å²) < 4.78 is 4.93. The van der Waals surface area contributed by atoms with Gasteiger partial charge in [0.15, 0.2) is 0 Å². The molecule has 0 aromatic heterocycles. The van der Waals surface area contributed by atoms with Crippen LogP contribution in [0.3, 0.4) is 0 Å². The van der Waals surface area contributed by atoms with Gasteiger partial charge >= 0.3 is 0 Å². The van der Waals surface area contributed by atoms with Crippen molar-refractivity contribution in [2.75, 3.05) is 6.61 Å². The molecule has 0 aromatic rings. The molecule has 0 saturated heterocycles. The van der Waals surface area contributed by atoms with Gasteiger partial charge in [0.2, 0.25) is 0 Å². The first-order valence-electron chi connectivity index (χ1n) is 10.2. The van der Waals surface area contributed by atoms with E-state index >= 15 is 0 Å². The highest BCUT2D eigenvalue weighted by Crippen LogP contribution is 2.50. The van der Waals surface area contributed by atoms with Gasteiger partial charge in [0, 0.05) is 5.41 Å². The van der Waals surface area contributed by atoms with Gasteiger partial charge in [0.25, 0.3) is 6.47 Å². The zero-order valence-corrected chi connectivity index (χ0v) is 16.3. The lowest BCUT2D eigenvalue weighted by Gasteiger charge is -2.22. The van der Waals surface area contributed by atoms with Crippen molar-refractivity contribution in [1.29, 1.82) is 0 Å². The maximum absolute atomic E-state index is 10.3. The normalized spacial score (nSPS) is 17.5. The van der Waals surface area contributed by atoms with E-state index in [1.165, 1.54) is 57.8 Å². The molecule has 24 heavy (non-hydrogen) atoms. The lowest BCUT2D eigenvalue weighted by atomic mass is 9.84. The third-order valence-electron chi connectivity index (χ3n) is 6.01. The van der Waals surface area contributed by atoms with E-state index < -0.39 is 0 Å². The summed E-state index contributed by atoms with van der Waals surface area (Å²) in [5.74, 6) is 0. The second-order valence-electron chi connectivity index (χ2n) is 8.78. The summed E-state index contributed by atoms with van der Waals surface area (Å²) >= 11 is 0. The fraction of sp³-hybridized carbons (Fsp3) is 0.952. The highest BCUT2D eigenvalue weighted by Gasteiger charge is 2.42. The third kappa shape index (κ3) is 9.66. The van der Waals surface area contributed by atoms with E-state index in [0.717, 1.165) is 25.7 Å². The van der Waals surface area contributed by atoms with Crippen LogP contribution in [0.5, 0.6) is 0 Å². The first kappa shape index (κ1) is 21.5. The Morgan fingerprint density at radius 3 is 2.25 bits per heavy atom. The molecule has 0 aliphatic heterocycles. The van der Waals surface area contributed by atoms with E-state index in [1.54, 1.807) is 0 Å². The number of unbranched alkanes of at least 4 members (excludes halogenated alkanes) is 4. The molecular weight excluding hydrogens is 300 g/mol. The summed E-state index contributed by atoms with van der Waals surface area (Å²) in [6.07, 6.45) is 15.1. The standard InChI is InChI=1S/C21H40O3/c1-4-20(2,3)13-9-5-7-11-19(23)12-8-6-10-14-21(15-16-21)17-24-18-22/h18-19,23H,4-17H2,1-3H3. The maximum Gasteiger partial charge on any atom is 0.293 e. The van der Waals surface area contributed by atoms with Crippen molar-refractivity contribution in [2.24, 2.45) is 10.8 Å². The molecule has 1 saturated carbocycles. The third-order valence-corrected chi connectivity index (χ3v) is 6.01. The van der Waals surface area contributed by atoms with Gasteiger partial charge < -0.3 is 9.84 Å². The zero-order chi connectivity index (χ0) is 17.9. The van der Waals surface area contributed by atoms with Crippen molar-refractivity contribution >= 4 is 6.47 Å². The van der Waals surface area contributed by atoms with Gasteiger partial charge in [-0.05, 0) is 43.9 Å². The average Bonchev–Trinajstić information content (AvgIpc) is 3.32. The number of carbonyl (C=O) groups excluding carboxylic acids is 1. The Labute approximate surface area is 149 Å². The molecule has 1 fully saturated rings. The number of aliphatic hydroxyl groups is 1. The number of carbonyl (C=O) groups is 1. The fourth-order valence-electron chi connectivity index (χ4n) is 3.39. The van der Waals surface area contributed by atoms with Crippen molar-refractivity contribution in [3.8, 4) is 0 Å². The summed E-state index contributed by atoms with van der Waals surface area (Å²) in [4.78, 5) is 10.3. The van der Waals surface area contributed by atoms with Crippen LogP contribution in [-0.4, -0.2) is 24.3 Å². The smallest absolute Gasteiger partial charge is 0.293 e. The van der Waals surface area contributed by atoms with Gasteiger partial charge in [0.1, 0.15) is 0 Å². The van der Waals surface area contributed by atoms with Crippen molar-refractivity contribution in [1.82, 2.24) is 0 Å². The quantitative estimate of drug-likeness (QED) is 0.292. The Hall–Kier alpha value is -0.570. The summed E-state index contributed by atoms with van der Waals surface area (Å²) in [6.45, 7) is 8.13. The van der Waals surface area contributed by atoms with Gasteiger partial charge in [-0.1, -0.05) is 65.7 Å². The number of rotatable bonds is 16. The maximum atomic E-state index is 10.3. The molecule has 3 nitrogen and oxygen atoms in total. The summed E-state index contributed by atoms with van der Waals surface area (Å²) in [5, 5.41) is 10.1. The van der Waals surface area contributed by atoms with Gasteiger partial charge in [-0.25, -0.2) is 0 Å². The predicted octanol–water partition coefficient (Wildman–Crippen LogP) is 5.64. The Bertz CT molecular complexity index is 334. The molecule has 0 heterocycles. The monoisotopic (exact) mass is 340 g/mol. The van der Waals surface area contributed by atoms with Gasteiger partial charge in [-0.3, -0.25) is 4.79 Å². The highest BCUT2D eigenvalue weighted by molar-refractivity contribution is 5.37. The van der Waals surface area contributed by atoms with Crippen LogP contribution in [0.15, 0.2) is 0 Å². The van der Waals surface area contributed by atoms with Gasteiger partial charge in [-0.2, -0.15) is 0 Å². The van der Waals surface area contributed by atoms with Crippen molar-refractivity contribution in [3.05, 3.63) is 0 Å². The van der Waals surface area contributed by atoms with Crippen molar-refractivity contribution in [2.45, 2.75) is 110 Å². The van der Waals surface area contributed by atoms with Crippen LogP contribution in [0.25, 0.3) is 0 Å². The molecule has 0 amide bonds. The minimum absolute atomic E-state index is 0.113. The topological polar surface area (TPSA) is 46.5 Å². The second-order valence-corrected chi connectivity index (χ2v) is 8.78. The fourth-order valence-corrected chi connectivity index (χ4v) is 3.39. The largest absolute Gasteiger partial charge is 0.467 e. The molecule has 1 aliphatic rings. The second kappa shape index (κ2) is 11.1. The molecular formula is C21H40O3. The van der Waals surface area contributed by atoms with Crippen LogP contribution in [0, 0.1) is 10.8 Å². The highest BCUT2D eigenvalue weighted by atomic mass is 16.5. The Morgan fingerprint density at radius 1 is 1.08 bits per heavy atom. The molecule has 0 bridgehead atoms. The van der Waals surface area contributed by atoms with Crippen LogP contribution in [0.2, 0.25) is 0 Å². The van der Waals surface area contributed by atoms with E-state index in [-0.39, 0.29) is 6.10 Å². The first-order chi connectivity index (χ1) is 11.4. The van der Waals surface area contributed by atoms with Crippen LogP contribution >= 0.6 is 0 Å². The molecule has 3 heteroatoms. The Kier molecular flexibility index (Phi) is 9.95. The number of hydrogen-bond donors (Lipinski definition) is 1. The number of ether oxygens (including phenoxy) is 1. The Morgan fingerprint density at radius 2 is 1.71 bits per heavy atom. The molecule has 1 atom stereocenters. The number of aliphatic hydroxyl groups excluding tert-OH is 1. The van der Waals surface area contributed by atoms with Crippen LogP contribution in [0.1, 0.15) is 104 Å². The predicted molar refractivity (Wildman–Crippen MR) is 99.9 cm³/mol. The summed E-state index contributed by atoms with van der Waals surface area (Å²) in [6, 6.07) is 0. The molecule has 1 rings (SSSR count). The average molecular weight is 341 g/mol. The van der Waals surface area contributed by atoms with E-state index in [0.29, 0.717) is 23.9 Å². The van der Waals surface area contributed by atoms with Crippen molar-refractivity contribution < 1.29 is 14.6 Å². The zero-order valence-electron chi connectivity index (χ0n) is 16.3. The summed E-state index contributed by atoms with van der Waals surface area (Å²) in [5.41, 5.74) is 0.792. The van der Waals surface area contributed by atoms with E-state index in [1.807, 2.05) is 0 Å². The SMILES string of the molecule is CCC(C)(C)CCCCCC(O)CCCCCC1(COC=O)CC1. The van der Waals surface area contributed by atoms with Crippen LogP contribution < -0.4 is 0 Å². The lowest BCUT2D eigenvalue weighted by Crippen LogP contribution is -2.10. The molecule has 1 aliphatic carbocycles. The van der Waals surface area contributed by atoms with Gasteiger partial charge in [0.05, 0.1) is 12.7 Å². The van der Waals surface area contributed by atoms with E-state index in [9.17, 15) is 9.90 Å². The minimum atomic E-state index is -0.113. The van der Waals surface area contributed by atoms with Crippen LogP contribution in [0.4, 0.5) is 0 Å². The molecule has 142 valence electrons. The van der Waals surface area contributed by atoms with Crippen molar-refractivity contribution in [3.63, 3.8) is 0 Å². The lowest BCUT2D eigenvalue weighted by molar-refractivity contribution is -0.130. The molecule has 0 aromatic carbocycles. The first-order valence-corrected chi connectivity index (χ1v) is 10.2. The van der Waals surface area contributed by atoms with E-state index in [4.69, 9.17) is 4.74 Å². The molecule has 0 spiro atoms. The minimum Gasteiger partial charge on any atom is -0.467 e. The molecule has 0 radical (unpaired) electrons.